The lowest BCUT2D eigenvalue weighted by Crippen LogP contribution is -3.09. The summed E-state index contributed by atoms with van der Waals surface area (Å²) in [5.41, 5.74) is -1.46. The van der Waals surface area contributed by atoms with Crippen LogP contribution in [0.15, 0.2) is 60.0 Å². The van der Waals surface area contributed by atoms with Crippen LogP contribution in [0.3, 0.4) is 0 Å². The monoisotopic (exact) mass is 632 g/mol. The molecule has 3 unspecified atom stereocenters. The van der Waals surface area contributed by atoms with Crippen LogP contribution in [0.5, 0.6) is 0 Å². The van der Waals surface area contributed by atoms with Crippen LogP contribution in [-0.4, -0.2) is 63.4 Å². The van der Waals surface area contributed by atoms with E-state index < -0.39 is 57.1 Å². The molecule has 0 amide bonds. The first-order valence-electron chi connectivity index (χ1n) is 13.5. The first kappa shape index (κ1) is 31.3. The molecule has 0 bridgehead atoms. The topological polar surface area (TPSA) is 98.2 Å². The van der Waals surface area contributed by atoms with E-state index in [-0.39, 0.29) is 61.0 Å². The standard InChI is InChI=1S/C28H30F6N4O4S/c1-17-4-2-3-5-21(17)24-14-25(37-6-8-43(40,41)9-7-37)42-26-22(15-35-16-36-26)23(38(24)39)12-18-10-19(27(29,30)31)13-20(11-18)28(32,33)34/h2-5,10-11,13-14,23,25,35-36,38H,6-9,12,15-16H2,1H3/b24-14-. The molecule has 2 aromatic carbocycles. The van der Waals surface area contributed by atoms with E-state index in [0.29, 0.717) is 28.8 Å². The number of benzene rings is 2. The number of rotatable bonds is 4. The van der Waals surface area contributed by atoms with Crippen LogP contribution in [-0.2, 0) is 33.3 Å². The summed E-state index contributed by atoms with van der Waals surface area (Å²) in [5, 5.41) is 20.0. The number of halogens is 6. The Morgan fingerprint density at radius 1 is 1.02 bits per heavy atom. The maximum Gasteiger partial charge on any atom is 0.416 e. The number of sulfone groups is 1. The van der Waals surface area contributed by atoms with Gasteiger partial charge >= 0.3 is 12.4 Å². The predicted octanol–water partition coefficient (Wildman–Crippen LogP) is 2.82. The van der Waals surface area contributed by atoms with Crippen molar-refractivity contribution in [2.24, 2.45) is 0 Å². The highest BCUT2D eigenvalue weighted by Crippen LogP contribution is 2.37. The van der Waals surface area contributed by atoms with Gasteiger partial charge in [-0.3, -0.25) is 10.2 Å². The summed E-state index contributed by atoms with van der Waals surface area (Å²) in [6, 6.07) is 7.12. The van der Waals surface area contributed by atoms with E-state index in [4.69, 9.17) is 4.74 Å². The molecular formula is C28H30F6N4O4S. The first-order valence-corrected chi connectivity index (χ1v) is 15.3. The van der Waals surface area contributed by atoms with E-state index in [0.717, 1.165) is 0 Å². The lowest BCUT2D eigenvalue weighted by molar-refractivity contribution is -0.793. The maximum atomic E-state index is 14.4. The summed E-state index contributed by atoms with van der Waals surface area (Å²) in [4.78, 5) is 1.78. The second kappa shape index (κ2) is 11.8. The van der Waals surface area contributed by atoms with Gasteiger partial charge in [0.05, 0.1) is 34.9 Å². The lowest BCUT2D eigenvalue weighted by Gasteiger charge is -2.42. The molecule has 2 aromatic rings. The highest BCUT2D eigenvalue weighted by atomic mass is 32.2. The molecule has 3 aliphatic heterocycles. The fraction of sp³-hybridized carbons (Fsp3) is 0.429. The number of quaternary nitrogens is 1. The van der Waals surface area contributed by atoms with Crippen molar-refractivity contribution in [1.29, 1.82) is 0 Å². The van der Waals surface area contributed by atoms with Gasteiger partial charge in [0.2, 0.25) is 0 Å². The van der Waals surface area contributed by atoms with Crippen LogP contribution in [0.4, 0.5) is 26.3 Å². The molecular weight excluding hydrogens is 602 g/mol. The Morgan fingerprint density at radius 2 is 1.65 bits per heavy atom. The molecule has 3 aliphatic rings. The maximum absolute atomic E-state index is 14.4. The van der Waals surface area contributed by atoms with Crippen LogP contribution < -0.4 is 15.7 Å². The normalized spacial score (nSPS) is 26.3. The zero-order chi connectivity index (χ0) is 31.2. The third kappa shape index (κ3) is 7.01. The molecule has 43 heavy (non-hydrogen) atoms. The molecule has 15 heteroatoms. The van der Waals surface area contributed by atoms with Crippen molar-refractivity contribution in [2.45, 2.75) is 38.0 Å². The molecule has 3 heterocycles. The Morgan fingerprint density at radius 3 is 2.26 bits per heavy atom. The molecule has 0 saturated carbocycles. The molecule has 0 aromatic heterocycles. The highest BCUT2D eigenvalue weighted by Gasteiger charge is 2.40. The molecule has 0 spiro atoms. The van der Waals surface area contributed by atoms with E-state index in [2.05, 4.69) is 10.6 Å². The van der Waals surface area contributed by atoms with Crippen molar-refractivity contribution in [3.05, 3.63) is 93.0 Å². The fourth-order valence-electron chi connectivity index (χ4n) is 5.51. The summed E-state index contributed by atoms with van der Waals surface area (Å²) in [6.07, 6.45) is -9.83. The van der Waals surface area contributed by atoms with Gasteiger partial charge in [-0.05, 0) is 42.3 Å². The number of nitrogens with one attached hydrogen (secondary N) is 3. The van der Waals surface area contributed by atoms with Gasteiger partial charge in [0.1, 0.15) is 11.7 Å². The average Bonchev–Trinajstić information content (AvgIpc) is 2.93. The number of hydroxylamine groups is 2. The largest absolute Gasteiger partial charge is 0.628 e. The van der Waals surface area contributed by atoms with Crippen molar-refractivity contribution in [3.63, 3.8) is 0 Å². The van der Waals surface area contributed by atoms with Crippen molar-refractivity contribution < 1.29 is 44.6 Å². The summed E-state index contributed by atoms with van der Waals surface area (Å²) in [5.74, 6) is -0.0252. The Hall–Kier alpha value is -3.11. The van der Waals surface area contributed by atoms with Gasteiger partial charge in [-0.15, -0.1) is 0 Å². The summed E-state index contributed by atoms with van der Waals surface area (Å²) < 4.78 is 112. The first-order chi connectivity index (χ1) is 20.1. The van der Waals surface area contributed by atoms with Gasteiger partial charge < -0.3 is 20.3 Å². The Labute approximate surface area is 244 Å². The van der Waals surface area contributed by atoms with Gasteiger partial charge in [-0.2, -0.15) is 26.3 Å². The second-order valence-electron chi connectivity index (χ2n) is 10.8. The van der Waals surface area contributed by atoms with Crippen LogP contribution in [0.1, 0.15) is 27.8 Å². The van der Waals surface area contributed by atoms with Crippen molar-refractivity contribution in [2.75, 3.05) is 37.8 Å². The smallest absolute Gasteiger partial charge is 0.416 e. The average molecular weight is 633 g/mol. The van der Waals surface area contributed by atoms with E-state index in [1.54, 1.807) is 42.2 Å². The van der Waals surface area contributed by atoms with E-state index in [1.807, 2.05) is 0 Å². The zero-order valence-electron chi connectivity index (χ0n) is 23.0. The number of alkyl halides is 6. The van der Waals surface area contributed by atoms with Crippen LogP contribution >= 0.6 is 0 Å². The molecule has 0 radical (unpaired) electrons. The molecule has 3 atom stereocenters. The predicted molar refractivity (Wildman–Crippen MR) is 146 cm³/mol. The van der Waals surface area contributed by atoms with Gasteiger partial charge in [-0.25, -0.2) is 8.42 Å². The second-order valence-corrected chi connectivity index (χ2v) is 13.1. The highest BCUT2D eigenvalue weighted by molar-refractivity contribution is 7.91. The van der Waals surface area contributed by atoms with Crippen LogP contribution in [0, 0.1) is 12.1 Å². The summed E-state index contributed by atoms with van der Waals surface area (Å²) >= 11 is 0. The number of hydrogen-bond acceptors (Lipinski definition) is 7. The van der Waals surface area contributed by atoms with Gasteiger partial charge in [-0.1, -0.05) is 18.2 Å². The van der Waals surface area contributed by atoms with Crippen molar-refractivity contribution in [3.8, 4) is 0 Å². The zero-order valence-corrected chi connectivity index (χ0v) is 23.8. The molecule has 1 fully saturated rings. The number of aryl methyl sites for hydroxylation is 1. The number of nitrogens with zero attached hydrogens (tertiary/aromatic N) is 1. The lowest BCUT2D eigenvalue weighted by atomic mass is 9.93. The van der Waals surface area contributed by atoms with Gasteiger partial charge in [0.25, 0.3) is 0 Å². The van der Waals surface area contributed by atoms with E-state index in [1.165, 1.54) is 0 Å². The molecule has 1 saturated heterocycles. The fourth-order valence-corrected chi connectivity index (χ4v) is 6.73. The third-order valence-electron chi connectivity index (χ3n) is 7.79. The molecule has 8 nitrogen and oxygen atoms in total. The van der Waals surface area contributed by atoms with Crippen molar-refractivity contribution >= 4 is 15.5 Å². The van der Waals surface area contributed by atoms with Crippen molar-refractivity contribution in [1.82, 2.24) is 15.5 Å². The summed E-state index contributed by atoms with van der Waals surface area (Å²) in [6.45, 7) is 2.39. The Bertz CT molecular complexity index is 1490. The minimum absolute atomic E-state index is 0.0586. The molecule has 5 rings (SSSR count). The van der Waals surface area contributed by atoms with Gasteiger partial charge in [0.15, 0.2) is 21.9 Å². The third-order valence-corrected chi connectivity index (χ3v) is 9.40. The Kier molecular flexibility index (Phi) is 8.57. The van der Waals surface area contributed by atoms with Crippen LogP contribution in [0.25, 0.3) is 5.70 Å². The number of ether oxygens (including phenoxy) is 1. The van der Waals surface area contributed by atoms with Crippen LogP contribution in [0.2, 0.25) is 0 Å². The molecule has 0 aliphatic carbocycles. The van der Waals surface area contributed by atoms with E-state index in [9.17, 15) is 40.0 Å². The molecule has 3 N–H and O–H groups in total. The summed E-state index contributed by atoms with van der Waals surface area (Å²) in [7, 11) is -3.23. The minimum Gasteiger partial charge on any atom is -0.628 e. The Balaban J connectivity index is 1.62. The van der Waals surface area contributed by atoms with E-state index >= 15 is 0 Å². The molecule has 234 valence electrons. The van der Waals surface area contributed by atoms with Gasteiger partial charge in [0, 0.05) is 37.7 Å². The quantitative estimate of drug-likeness (QED) is 0.353. The minimum atomic E-state index is -5.04. The number of hydrogen-bond donors (Lipinski definition) is 3. The SMILES string of the molecule is Cc1ccccc1/C1=C/C(N2CCS(=O)(=O)CC2)OC2=C(CNCN2)C(Cc2cc(C(F)(F)F)cc(C(F)(F)F)c2)[NH+]1[O-].